The number of carbonyl (C=O) groups is 1. The van der Waals surface area contributed by atoms with Gasteiger partial charge in [-0.15, -0.1) is 10.2 Å². The van der Waals surface area contributed by atoms with Gasteiger partial charge in [0, 0.05) is 18.3 Å². The van der Waals surface area contributed by atoms with Gasteiger partial charge in [-0.2, -0.15) is 0 Å². The number of hydrogen-bond acceptors (Lipinski definition) is 5. The van der Waals surface area contributed by atoms with Crippen molar-refractivity contribution in [1.29, 1.82) is 0 Å². The average Bonchev–Trinajstić information content (AvgIpc) is 3.32. The van der Waals surface area contributed by atoms with Crippen molar-refractivity contribution < 1.29 is 9.53 Å². The minimum absolute atomic E-state index is 0.0990. The first-order chi connectivity index (χ1) is 14.5. The Morgan fingerprint density at radius 1 is 1.20 bits per heavy atom. The van der Waals surface area contributed by atoms with Crippen LogP contribution in [-0.4, -0.2) is 39.1 Å². The van der Waals surface area contributed by atoms with Crippen molar-refractivity contribution in [1.82, 2.24) is 14.8 Å². The van der Waals surface area contributed by atoms with Crippen LogP contribution in [0.5, 0.6) is 5.75 Å². The molecule has 30 heavy (non-hydrogen) atoms. The maximum atomic E-state index is 13.3. The number of rotatable bonds is 6. The normalized spacial score (nSPS) is 16.4. The highest BCUT2D eigenvalue weighted by Gasteiger charge is 2.34. The monoisotopic (exact) mass is 422 g/mol. The van der Waals surface area contributed by atoms with Crippen molar-refractivity contribution >= 4 is 23.4 Å². The maximum absolute atomic E-state index is 13.3. The molecule has 1 amide bonds. The Bertz CT molecular complexity index is 1060. The van der Waals surface area contributed by atoms with Crippen LogP contribution in [0.25, 0.3) is 11.4 Å². The fraction of sp³-hybridized carbons (Fsp3) is 0.348. The second-order valence-electron chi connectivity index (χ2n) is 7.40. The van der Waals surface area contributed by atoms with E-state index >= 15 is 0 Å². The third-order valence-electron chi connectivity index (χ3n) is 5.46. The molecule has 4 rings (SSSR count). The zero-order chi connectivity index (χ0) is 21.3. The summed E-state index contributed by atoms with van der Waals surface area (Å²) in [5.41, 5.74) is 3.14. The van der Waals surface area contributed by atoms with E-state index in [-0.39, 0.29) is 17.2 Å². The summed E-state index contributed by atoms with van der Waals surface area (Å²) in [4.78, 5) is 15.3. The van der Waals surface area contributed by atoms with E-state index in [1.807, 2.05) is 58.9 Å². The number of nitrogens with zero attached hydrogens (tertiary/aromatic N) is 4. The number of anilines is 1. The van der Waals surface area contributed by atoms with E-state index in [0.29, 0.717) is 6.54 Å². The Labute approximate surface area is 181 Å². The van der Waals surface area contributed by atoms with Gasteiger partial charge in [-0.3, -0.25) is 4.79 Å². The lowest BCUT2D eigenvalue weighted by Crippen LogP contribution is -2.40. The van der Waals surface area contributed by atoms with Crippen molar-refractivity contribution in [3.8, 4) is 17.1 Å². The lowest BCUT2D eigenvalue weighted by atomic mass is 10.1. The van der Waals surface area contributed by atoms with E-state index in [1.165, 1.54) is 17.3 Å². The van der Waals surface area contributed by atoms with E-state index in [2.05, 4.69) is 30.1 Å². The van der Waals surface area contributed by atoms with Gasteiger partial charge in [0.25, 0.3) is 0 Å². The number of thioether (sulfide) groups is 1. The molecule has 0 fully saturated rings. The highest BCUT2D eigenvalue weighted by molar-refractivity contribution is 8.00. The minimum Gasteiger partial charge on any atom is -0.496 e. The van der Waals surface area contributed by atoms with E-state index in [0.717, 1.165) is 34.4 Å². The van der Waals surface area contributed by atoms with Gasteiger partial charge in [0.15, 0.2) is 11.0 Å². The number of methoxy groups -OCH3 is 1. The lowest BCUT2D eigenvalue weighted by Gasteiger charge is -2.25. The third kappa shape index (κ3) is 3.58. The molecule has 2 atom stereocenters. The summed E-state index contributed by atoms with van der Waals surface area (Å²) < 4.78 is 7.53. The summed E-state index contributed by atoms with van der Waals surface area (Å²) in [7, 11) is 1.65. The van der Waals surface area contributed by atoms with Gasteiger partial charge < -0.3 is 14.2 Å². The summed E-state index contributed by atoms with van der Waals surface area (Å²) in [5.74, 6) is 1.60. The molecule has 2 heterocycles. The van der Waals surface area contributed by atoms with Gasteiger partial charge in [-0.1, -0.05) is 42.1 Å². The van der Waals surface area contributed by atoms with Crippen LogP contribution in [-0.2, 0) is 17.8 Å². The van der Waals surface area contributed by atoms with Crippen LogP contribution in [0.4, 0.5) is 5.69 Å². The van der Waals surface area contributed by atoms with Gasteiger partial charge in [0.1, 0.15) is 5.75 Å². The number of carbonyl (C=O) groups excluding carboxylic acids is 1. The molecule has 6 nitrogen and oxygen atoms in total. The van der Waals surface area contributed by atoms with Crippen LogP contribution >= 0.6 is 11.8 Å². The number of para-hydroxylation sites is 2. The fourth-order valence-corrected chi connectivity index (χ4v) is 4.96. The number of amides is 1. The predicted octanol–water partition coefficient (Wildman–Crippen LogP) is 4.43. The van der Waals surface area contributed by atoms with Crippen molar-refractivity contribution in [2.75, 3.05) is 12.0 Å². The average molecular weight is 423 g/mol. The molecular weight excluding hydrogens is 396 g/mol. The van der Waals surface area contributed by atoms with Crippen LogP contribution in [0.1, 0.15) is 26.3 Å². The Morgan fingerprint density at radius 3 is 2.70 bits per heavy atom. The van der Waals surface area contributed by atoms with Crippen molar-refractivity contribution in [3.05, 3.63) is 54.1 Å². The predicted molar refractivity (Wildman–Crippen MR) is 120 cm³/mol. The highest BCUT2D eigenvalue weighted by Crippen LogP contribution is 2.36. The SMILES string of the molecule is CCn1c(S[C@@H](C)C(=O)N2c3ccccc3C[C@H]2C)nnc1-c1ccccc1OC. The number of ether oxygens (including phenoxy) is 1. The quantitative estimate of drug-likeness (QED) is 0.550. The molecule has 1 aliphatic rings. The van der Waals surface area contributed by atoms with Crippen LogP contribution in [0.3, 0.4) is 0 Å². The van der Waals surface area contributed by atoms with Crippen LogP contribution < -0.4 is 9.64 Å². The molecular formula is C23H26N4O2S. The van der Waals surface area contributed by atoms with Crippen LogP contribution in [0.15, 0.2) is 53.7 Å². The molecule has 156 valence electrons. The molecule has 2 aromatic carbocycles. The summed E-state index contributed by atoms with van der Waals surface area (Å²) in [5, 5.41) is 9.27. The fourth-order valence-electron chi connectivity index (χ4n) is 4.00. The van der Waals surface area contributed by atoms with Crippen molar-refractivity contribution in [3.63, 3.8) is 0 Å². The van der Waals surface area contributed by atoms with E-state index in [1.54, 1.807) is 7.11 Å². The van der Waals surface area contributed by atoms with Gasteiger partial charge in [-0.05, 0) is 51.0 Å². The molecule has 0 saturated carbocycles. The summed E-state index contributed by atoms with van der Waals surface area (Å²) in [6.07, 6.45) is 0.891. The van der Waals surface area contributed by atoms with Crippen molar-refractivity contribution in [2.24, 2.45) is 0 Å². The molecule has 3 aromatic rings. The first-order valence-corrected chi connectivity index (χ1v) is 11.1. The zero-order valence-electron chi connectivity index (χ0n) is 17.7. The molecule has 0 spiro atoms. The largest absolute Gasteiger partial charge is 0.496 e. The number of aromatic nitrogens is 3. The van der Waals surface area contributed by atoms with E-state index < -0.39 is 0 Å². The molecule has 0 saturated heterocycles. The summed E-state index contributed by atoms with van der Waals surface area (Å²) >= 11 is 1.45. The Kier molecular flexibility index (Phi) is 5.81. The number of fused-ring (bicyclic) bond motifs is 1. The topological polar surface area (TPSA) is 60.2 Å². The van der Waals surface area contributed by atoms with Crippen LogP contribution in [0, 0.1) is 0 Å². The molecule has 7 heteroatoms. The maximum Gasteiger partial charge on any atom is 0.240 e. The van der Waals surface area contributed by atoms with Gasteiger partial charge >= 0.3 is 0 Å². The second-order valence-corrected chi connectivity index (χ2v) is 8.71. The van der Waals surface area contributed by atoms with Crippen LogP contribution in [0.2, 0.25) is 0 Å². The zero-order valence-corrected chi connectivity index (χ0v) is 18.5. The van der Waals surface area contributed by atoms with E-state index in [9.17, 15) is 4.79 Å². The number of hydrogen-bond donors (Lipinski definition) is 0. The molecule has 1 aliphatic heterocycles. The smallest absolute Gasteiger partial charge is 0.240 e. The van der Waals surface area contributed by atoms with E-state index in [4.69, 9.17) is 4.74 Å². The Morgan fingerprint density at radius 2 is 1.93 bits per heavy atom. The van der Waals surface area contributed by atoms with Gasteiger partial charge in [-0.25, -0.2) is 0 Å². The van der Waals surface area contributed by atoms with Gasteiger partial charge in [0.05, 0.1) is 17.9 Å². The summed E-state index contributed by atoms with van der Waals surface area (Å²) in [6.45, 7) is 6.80. The molecule has 0 aliphatic carbocycles. The third-order valence-corrected chi connectivity index (χ3v) is 6.52. The minimum atomic E-state index is -0.279. The summed E-state index contributed by atoms with van der Waals surface area (Å²) in [6, 6.07) is 16.1. The molecule has 0 bridgehead atoms. The second kappa shape index (κ2) is 8.52. The number of benzene rings is 2. The molecule has 0 unspecified atom stereocenters. The lowest BCUT2D eigenvalue weighted by molar-refractivity contribution is -0.118. The van der Waals surface area contributed by atoms with Crippen molar-refractivity contribution in [2.45, 2.75) is 50.2 Å². The first kappa shape index (κ1) is 20.5. The highest BCUT2D eigenvalue weighted by atomic mass is 32.2. The Hall–Kier alpha value is -2.80. The molecule has 0 N–H and O–H groups in total. The molecule has 0 radical (unpaired) electrons. The first-order valence-electron chi connectivity index (χ1n) is 10.2. The van der Waals surface area contributed by atoms with Gasteiger partial charge in [0.2, 0.25) is 5.91 Å². The molecule has 1 aromatic heterocycles. The standard InChI is InChI=1S/C23H26N4O2S/c1-5-26-21(18-11-7-9-13-20(18)29-4)24-25-23(26)30-16(3)22(28)27-15(2)14-17-10-6-8-12-19(17)27/h6-13,15-16H,5,14H2,1-4H3/t15-,16+/m1/s1. The Balaban J connectivity index is 1.59.